The third-order valence-corrected chi connectivity index (χ3v) is 1.80. The second-order valence-electron chi connectivity index (χ2n) is 3.13. The number of carbonyl (C=O) groups is 2. The van der Waals surface area contributed by atoms with Crippen molar-refractivity contribution in [3.8, 4) is 0 Å². The van der Waals surface area contributed by atoms with E-state index in [1.807, 2.05) is 13.8 Å². The van der Waals surface area contributed by atoms with Crippen LogP contribution in [0.15, 0.2) is 0 Å². The third kappa shape index (κ3) is 8.61. The molecule has 0 aromatic heterocycles. The SMILES string of the molecule is CCOC(CNC(=O)CNC(=O)CN)OCC. The second kappa shape index (κ2) is 10.0. The predicted molar refractivity (Wildman–Crippen MR) is 62.1 cm³/mol. The molecule has 0 rings (SSSR count). The maximum absolute atomic E-state index is 11.3. The fourth-order valence-electron chi connectivity index (χ4n) is 1.05. The monoisotopic (exact) mass is 247 g/mol. The van der Waals surface area contributed by atoms with Crippen molar-refractivity contribution >= 4 is 11.8 Å². The largest absolute Gasteiger partial charge is 0.351 e. The Hall–Kier alpha value is -1.18. The van der Waals surface area contributed by atoms with Gasteiger partial charge in [-0.2, -0.15) is 0 Å². The smallest absolute Gasteiger partial charge is 0.239 e. The standard InChI is InChI=1S/C10H21N3O4/c1-3-16-10(17-4-2)7-13-9(15)6-12-8(14)5-11/h10H,3-7,11H2,1-2H3,(H,12,14)(H,13,15). The first-order valence-electron chi connectivity index (χ1n) is 5.60. The molecule has 0 aliphatic heterocycles. The summed E-state index contributed by atoms with van der Waals surface area (Å²) in [5.41, 5.74) is 5.08. The molecule has 0 atom stereocenters. The van der Waals surface area contributed by atoms with Gasteiger partial charge in [0.1, 0.15) is 0 Å². The Bertz CT molecular complexity index is 230. The Balaban J connectivity index is 3.75. The molecule has 0 aromatic carbocycles. The van der Waals surface area contributed by atoms with Crippen molar-refractivity contribution in [3.63, 3.8) is 0 Å². The number of hydrogen-bond donors (Lipinski definition) is 3. The summed E-state index contributed by atoms with van der Waals surface area (Å²) < 4.78 is 10.5. The zero-order valence-electron chi connectivity index (χ0n) is 10.3. The van der Waals surface area contributed by atoms with Crippen LogP contribution in [-0.4, -0.2) is 51.0 Å². The van der Waals surface area contributed by atoms with E-state index in [1.165, 1.54) is 0 Å². The van der Waals surface area contributed by atoms with Gasteiger partial charge < -0.3 is 25.8 Å². The van der Waals surface area contributed by atoms with Crippen LogP contribution in [0.25, 0.3) is 0 Å². The van der Waals surface area contributed by atoms with Gasteiger partial charge in [0.25, 0.3) is 0 Å². The molecule has 0 saturated heterocycles. The maximum Gasteiger partial charge on any atom is 0.239 e. The number of hydrogen-bond acceptors (Lipinski definition) is 5. The molecule has 0 saturated carbocycles. The molecule has 0 aliphatic rings. The molecule has 7 heteroatoms. The maximum atomic E-state index is 11.3. The van der Waals surface area contributed by atoms with E-state index in [0.717, 1.165) is 0 Å². The molecule has 17 heavy (non-hydrogen) atoms. The quantitative estimate of drug-likeness (QED) is 0.434. The van der Waals surface area contributed by atoms with Gasteiger partial charge in [-0.1, -0.05) is 0 Å². The molecule has 0 aliphatic carbocycles. The lowest BCUT2D eigenvalue weighted by Gasteiger charge is -2.17. The highest BCUT2D eigenvalue weighted by atomic mass is 16.7. The van der Waals surface area contributed by atoms with Crippen molar-refractivity contribution in [1.29, 1.82) is 0 Å². The summed E-state index contributed by atoms with van der Waals surface area (Å²) in [5, 5.41) is 4.95. The average Bonchev–Trinajstić information content (AvgIpc) is 2.33. The number of carbonyl (C=O) groups excluding carboxylic acids is 2. The average molecular weight is 247 g/mol. The number of ether oxygens (including phenoxy) is 2. The Morgan fingerprint density at radius 2 is 1.71 bits per heavy atom. The third-order valence-electron chi connectivity index (χ3n) is 1.80. The van der Waals surface area contributed by atoms with Crippen molar-refractivity contribution in [3.05, 3.63) is 0 Å². The van der Waals surface area contributed by atoms with E-state index in [1.54, 1.807) is 0 Å². The summed E-state index contributed by atoms with van der Waals surface area (Å²) in [6.45, 7) is 4.72. The van der Waals surface area contributed by atoms with Gasteiger partial charge in [-0.25, -0.2) is 0 Å². The van der Waals surface area contributed by atoms with Crippen molar-refractivity contribution in [1.82, 2.24) is 10.6 Å². The van der Waals surface area contributed by atoms with E-state index >= 15 is 0 Å². The molecule has 0 unspecified atom stereocenters. The Kier molecular flexibility index (Phi) is 9.31. The predicted octanol–water partition coefficient (Wildman–Crippen LogP) is -1.42. The topological polar surface area (TPSA) is 103 Å². The molecular formula is C10H21N3O4. The van der Waals surface area contributed by atoms with E-state index in [4.69, 9.17) is 15.2 Å². The molecule has 4 N–H and O–H groups in total. The molecular weight excluding hydrogens is 226 g/mol. The van der Waals surface area contributed by atoms with Gasteiger partial charge in [0, 0.05) is 13.2 Å². The van der Waals surface area contributed by atoms with Crippen LogP contribution in [0.2, 0.25) is 0 Å². The minimum Gasteiger partial charge on any atom is -0.351 e. The lowest BCUT2D eigenvalue weighted by atomic mass is 10.5. The van der Waals surface area contributed by atoms with Gasteiger partial charge in [0.15, 0.2) is 6.29 Å². The molecule has 0 heterocycles. The molecule has 0 radical (unpaired) electrons. The normalized spacial score (nSPS) is 10.4. The van der Waals surface area contributed by atoms with Gasteiger partial charge in [0.2, 0.25) is 11.8 Å². The van der Waals surface area contributed by atoms with E-state index < -0.39 is 6.29 Å². The van der Waals surface area contributed by atoms with Crippen LogP contribution in [0.1, 0.15) is 13.8 Å². The van der Waals surface area contributed by atoms with Crippen LogP contribution in [0.4, 0.5) is 0 Å². The van der Waals surface area contributed by atoms with Crippen LogP contribution in [0, 0.1) is 0 Å². The number of rotatable bonds is 9. The Labute approximate surface area is 101 Å². The van der Waals surface area contributed by atoms with Crippen LogP contribution in [-0.2, 0) is 19.1 Å². The minimum atomic E-state index is -0.459. The highest BCUT2D eigenvalue weighted by molar-refractivity contribution is 5.85. The van der Waals surface area contributed by atoms with Gasteiger partial charge in [0.05, 0.1) is 19.6 Å². The fraction of sp³-hybridized carbons (Fsp3) is 0.800. The number of amides is 2. The molecule has 7 nitrogen and oxygen atoms in total. The zero-order chi connectivity index (χ0) is 13.1. The van der Waals surface area contributed by atoms with Crippen molar-refractivity contribution in [2.24, 2.45) is 5.73 Å². The first-order valence-corrected chi connectivity index (χ1v) is 5.60. The second-order valence-corrected chi connectivity index (χ2v) is 3.13. The van der Waals surface area contributed by atoms with Gasteiger partial charge in [-0.05, 0) is 13.8 Å². The fourth-order valence-corrected chi connectivity index (χ4v) is 1.05. The molecule has 0 fully saturated rings. The van der Waals surface area contributed by atoms with Crippen LogP contribution in [0.3, 0.4) is 0 Å². The van der Waals surface area contributed by atoms with Crippen molar-refractivity contribution < 1.29 is 19.1 Å². The summed E-state index contributed by atoms with van der Waals surface area (Å²) in [4.78, 5) is 22.1. The molecule has 0 bridgehead atoms. The highest BCUT2D eigenvalue weighted by Gasteiger charge is 2.10. The molecule has 2 amide bonds. The van der Waals surface area contributed by atoms with Crippen molar-refractivity contribution in [2.45, 2.75) is 20.1 Å². The summed E-state index contributed by atoms with van der Waals surface area (Å²) in [6.07, 6.45) is -0.459. The zero-order valence-corrected chi connectivity index (χ0v) is 10.3. The highest BCUT2D eigenvalue weighted by Crippen LogP contribution is 1.92. The molecule has 0 aromatic rings. The van der Waals surface area contributed by atoms with Gasteiger partial charge in [-0.15, -0.1) is 0 Å². The number of nitrogens with two attached hydrogens (primary N) is 1. The minimum absolute atomic E-state index is 0.0962. The Morgan fingerprint density at radius 1 is 1.12 bits per heavy atom. The van der Waals surface area contributed by atoms with Crippen LogP contribution < -0.4 is 16.4 Å². The van der Waals surface area contributed by atoms with Crippen LogP contribution in [0.5, 0.6) is 0 Å². The van der Waals surface area contributed by atoms with Crippen LogP contribution >= 0.6 is 0 Å². The van der Waals surface area contributed by atoms with E-state index in [2.05, 4.69) is 10.6 Å². The van der Waals surface area contributed by atoms with Gasteiger partial charge >= 0.3 is 0 Å². The molecule has 100 valence electrons. The summed E-state index contributed by atoms with van der Waals surface area (Å²) in [7, 11) is 0. The lowest BCUT2D eigenvalue weighted by Crippen LogP contribution is -2.42. The van der Waals surface area contributed by atoms with Crippen molar-refractivity contribution in [2.75, 3.05) is 32.8 Å². The van der Waals surface area contributed by atoms with E-state index in [0.29, 0.717) is 13.2 Å². The molecule has 0 spiro atoms. The summed E-state index contributed by atoms with van der Waals surface area (Å²) in [5.74, 6) is -0.678. The first-order chi connectivity index (χ1) is 8.13. The van der Waals surface area contributed by atoms with E-state index in [-0.39, 0.29) is 31.4 Å². The number of nitrogens with one attached hydrogen (secondary N) is 2. The Morgan fingerprint density at radius 3 is 2.18 bits per heavy atom. The van der Waals surface area contributed by atoms with E-state index in [9.17, 15) is 9.59 Å². The summed E-state index contributed by atoms with van der Waals surface area (Å²) >= 11 is 0. The first kappa shape index (κ1) is 15.8. The van der Waals surface area contributed by atoms with Gasteiger partial charge in [-0.3, -0.25) is 9.59 Å². The summed E-state index contributed by atoms with van der Waals surface area (Å²) in [6, 6.07) is 0. The lowest BCUT2D eigenvalue weighted by molar-refractivity contribution is -0.140.